The van der Waals surface area contributed by atoms with Gasteiger partial charge in [0.15, 0.2) is 0 Å². The van der Waals surface area contributed by atoms with E-state index in [0.717, 1.165) is 6.42 Å². The molecule has 0 bridgehead atoms. The Hall–Kier alpha value is -1.22. The van der Waals surface area contributed by atoms with Crippen LogP contribution >= 0.6 is 11.6 Å². The molecule has 4 heteroatoms. The first-order chi connectivity index (χ1) is 7.09. The molecule has 0 radical (unpaired) electrons. The van der Waals surface area contributed by atoms with Crippen molar-refractivity contribution >= 4 is 17.6 Å². The van der Waals surface area contributed by atoms with Crippen LogP contribution in [0, 0.1) is 0 Å². The molecule has 1 aromatic carbocycles. The quantitative estimate of drug-likeness (QED) is 0.789. The highest BCUT2D eigenvalue weighted by molar-refractivity contribution is 6.20. The highest BCUT2D eigenvalue weighted by Crippen LogP contribution is 2.13. The summed E-state index contributed by atoms with van der Waals surface area (Å²) in [6, 6.07) is 6.31. The summed E-state index contributed by atoms with van der Waals surface area (Å²) in [7, 11) is 0. The summed E-state index contributed by atoms with van der Waals surface area (Å²) in [5.41, 5.74) is 0.257. The van der Waals surface area contributed by atoms with Gasteiger partial charge in [0.25, 0.3) is 0 Å². The number of hydrogen-bond donors (Lipinski definition) is 1. The summed E-state index contributed by atoms with van der Waals surface area (Å²) in [5, 5.41) is 8.75. The third-order valence-electron chi connectivity index (χ3n) is 1.89. The van der Waals surface area contributed by atoms with Crippen LogP contribution in [0.1, 0.15) is 23.7 Å². The number of rotatable bonds is 5. The highest BCUT2D eigenvalue weighted by Gasteiger charge is 2.02. The molecule has 15 heavy (non-hydrogen) atoms. The average molecular weight is 229 g/mol. The maximum atomic E-state index is 10.6. The summed E-state index contributed by atoms with van der Waals surface area (Å²) in [5.74, 6) is -0.270. The van der Waals surface area contributed by atoms with Crippen molar-refractivity contribution in [3.63, 3.8) is 0 Å². The van der Waals surface area contributed by atoms with E-state index in [1.165, 1.54) is 12.1 Å². The lowest BCUT2D eigenvalue weighted by Crippen LogP contribution is -2.03. The monoisotopic (exact) mass is 228 g/mol. The van der Waals surface area contributed by atoms with Crippen molar-refractivity contribution < 1.29 is 14.6 Å². The van der Waals surface area contributed by atoms with Crippen LogP contribution in [0.5, 0.6) is 5.75 Å². The molecule has 0 heterocycles. The average Bonchev–Trinajstić information content (AvgIpc) is 2.18. The normalized spacial score (nSPS) is 12.1. The van der Waals surface area contributed by atoms with Crippen LogP contribution in [-0.4, -0.2) is 23.1 Å². The molecule has 1 unspecified atom stereocenters. The Morgan fingerprint density at radius 2 is 2.07 bits per heavy atom. The fourth-order valence-corrected chi connectivity index (χ4v) is 1.12. The number of benzene rings is 1. The van der Waals surface area contributed by atoms with Crippen LogP contribution in [0.15, 0.2) is 24.3 Å². The molecule has 0 amide bonds. The van der Waals surface area contributed by atoms with Gasteiger partial charge in [0.1, 0.15) is 5.75 Å². The van der Waals surface area contributed by atoms with Gasteiger partial charge in [-0.05, 0) is 37.6 Å². The molecule has 0 aliphatic rings. The first kappa shape index (κ1) is 11.9. The maximum absolute atomic E-state index is 10.6. The van der Waals surface area contributed by atoms with Crippen LogP contribution in [0.4, 0.5) is 0 Å². The van der Waals surface area contributed by atoms with Crippen LogP contribution in [0.2, 0.25) is 0 Å². The summed E-state index contributed by atoms with van der Waals surface area (Å²) in [4.78, 5) is 10.6. The van der Waals surface area contributed by atoms with Gasteiger partial charge in [-0.1, -0.05) is 0 Å². The van der Waals surface area contributed by atoms with Gasteiger partial charge in [-0.15, -0.1) is 11.6 Å². The van der Waals surface area contributed by atoms with Crippen molar-refractivity contribution in [2.75, 3.05) is 6.61 Å². The molecule has 1 N–H and O–H groups in total. The molecule has 0 spiro atoms. The van der Waals surface area contributed by atoms with Gasteiger partial charge < -0.3 is 9.84 Å². The smallest absolute Gasteiger partial charge is 0.335 e. The SMILES string of the molecule is CC(Cl)CCOc1ccc(C(=O)O)cc1. The molecule has 0 aromatic heterocycles. The molecular weight excluding hydrogens is 216 g/mol. The Balaban J connectivity index is 2.46. The molecule has 0 aliphatic heterocycles. The van der Waals surface area contributed by atoms with Gasteiger partial charge in [0.05, 0.1) is 12.2 Å². The number of carboxylic acid groups (broad SMARTS) is 1. The minimum Gasteiger partial charge on any atom is -0.494 e. The molecule has 0 saturated heterocycles. The van der Waals surface area contributed by atoms with E-state index in [0.29, 0.717) is 12.4 Å². The summed E-state index contributed by atoms with van der Waals surface area (Å²) in [6.45, 7) is 2.44. The number of ether oxygens (including phenoxy) is 1. The van der Waals surface area contributed by atoms with Crippen molar-refractivity contribution in [2.24, 2.45) is 0 Å². The van der Waals surface area contributed by atoms with Crippen LogP contribution in [0.25, 0.3) is 0 Å². The Bertz CT molecular complexity index is 319. The zero-order chi connectivity index (χ0) is 11.3. The van der Waals surface area contributed by atoms with Crippen molar-refractivity contribution in [3.05, 3.63) is 29.8 Å². The number of alkyl halides is 1. The summed E-state index contributed by atoms with van der Waals surface area (Å²) in [6.07, 6.45) is 0.766. The number of carbonyl (C=O) groups is 1. The fraction of sp³-hybridized carbons (Fsp3) is 0.364. The predicted molar refractivity (Wildman–Crippen MR) is 58.8 cm³/mol. The first-order valence-electron chi connectivity index (χ1n) is 4.70. The topological polar surface area (TPSA) is 46.5 Å². The molecule has 0 saturated carbocycles. The highest BCUT2D eigenvalue weighted by atomic mass is 35.5. The molecule has 3 nitrogen and oxygen atoms in total. The van der Waals surface area contributed by atoms with E-state index in [2.05, 4.69) is 0 Å². The fourth-order valence-electron chi connectivity index (χ4n) is 1.03. The number of hydrogen-bond acceptors (Lipinski definition) is 2. The third-order valence-corrected chi connectivity index (χ3v) is 2.10. The van der Waals surface area contributed by atoms with E-state index in [9.17, 15) is 4.79 Å². The van der Waals surface area contributed by atoms with Gasteiger partial charge >= 0.3 is 5.97 Å². The zero-order valence-electron chi connectivity index (χ0n) is 8.44. The third kappa shape index (κ3) is 4.21. The first-order valence-corrected chi connectivity index (χ1v) is 5.13. The zero-order valence-corrected chi connectivity index (χ0v) is 9.20. The Kier molecular flexibility index (Phi) is 4.43. The van der Waals surface area contributed by atoms with E-state index in [1.807, 2.05) is 6.92 Å². The second-order valence-corrected chi connectivity index (χ2v) is 3.99. The summed E-state index contributed by atoms with van der Waals surface area (Å²) < 4.78 is 5.37. The second kappa shape index (κ2) is 5.61. The largest absolute Gasteiger partial charge is 0.494 e. The van der Waals surface area contributed by atoms with Crippen molar-refractivity contribution in [1.82, 2.24) is 0 Å². The minimum atomic E-state index is -0.934. The standard InChI is InChI=1S/C11H13ClO3/c1-8(12)6-7-15-10-4-2-9(3-5-10)11(13)14/h2-5,8H,6-7H2,1H3,(H,13,14). The second-order valence-electron chi connectivity index (χ2n) is 3.25. The lowest BCUT2D eigenvalue weighted by atomic mass is 10.2. The Morgan fingerprint density at radius 1 is 1.47 bits per heavy atom. The molecule has 1 atom stereocenters. The molecule has 1 aromatic rings. The number of halogens is 1. The van der Waals surface area contributed by atoms with E-state index in [-0.39, 0.29) is 10.9 Å². The van der Waals surface area contributed by atoms with Gasteiger partial charge in [-0.3, -0.25) is 0 Å². The lowest BCUT2D eigenvalue weighted by Gasteiger charge is -2.06. The van der Waals surface area contributed by atoms with Gasteiger partial charge in [0.2, 0.25) is 0 Å². The Labute approximate surface area is 93.6 Å². The van der Waals surface area contributed by atoms with E-state index in [1.54, 1.807) is 12.1 Å². The number of carboxylic acids is 1. The van der Waals surface area contributed by atoms with Crippen molar-refractivity contribution in [2.45, 2.75) is 18.7 Å². The molecular formula is C11H13ClO3. The van der Waals surface area contributed by atoms with Gasteiger partial charge in [-0.2, -0.15) is 0 Å². The van der Waals surface area contributed by atoms with Crippen LogP contribution < -0.4 is 4.74 Å². The Morgan fingerprint density at radius 3 is 2.53 bits per heavy atom. The molecule has 82 valence electrons. The van der Waals surface area contributed by atoms with E-state index < -0.39 is 5.97 Å². The van der Waals surface area contributed by atoms with E-state index in [4.69, 9.17) is 21.4 Å². The number of aromatic carboxylic acids is 1. The van der Waals surface area contributed by atoms with Crippen molar-refractivity contribution in [1.29, 1.82) is 0 Å². The van der Waals surface area contributed by atoms with Gasteiger partial charge in [0, 0.05) is 5.38 Å². The summed E-state index contributed by atoms with van der Waals surface area (Å²) >= 11 is 5.75. The molecule has 0 aliphatic carbocycles. The molecule has 1 rings (SSSR count). The predicted octanol–water partition coefficient (Wildman–Crippen LogP) is 2.78. The van der Waals surface area contributed by atoms with Gasteiger partial charge in [-0.25, -0.2) is 4.79 Å². The van der Waals surface area contributed by atoms with Crippen molar-refractivity contribution in [3.8, 4) is 5.75 Å². The molecule has 0 fully saturated rings. The van der Waals surface area contributed by atoms with E-state index >= 15 is 0 Å². The minimum absolute atomic E-state index is 0.0864. The maximum Gasteiger partial charge on any atom is 0.335 e. The van der Waals surface area contributed by atoms with Crippen LogP contribution in [0.3, 0.4) is 0 Å². The lowest BCUT2D eigenvalue weighted by molar-refractivity contribution is 0.0697. The van der Waals surface area contributed by atoms with Crippen LogP contribution in [-0.2, 0) is 0 Å².